The number of rotatable bonds is 23. The van der Waals surface area contributed by atoms with Crippen molar-refractivity contribution in [2.75, 3.05) is 0 Å². The highest BCUT2D eigenvalue weighted by Crippen LogP contribution is 2.30. The predicted molar refractivity (Wildman–Crippen MR) is 123 cm³/mol. The molecule has 0 aliphatic heterocycles. The minimum Gasteiger partial charge on any atom is -0.481 e. The van der Waals surface area contributed by atoms with Gasteiger partial charge in [-0.25, -0.2) is 0 Å². The summed E-state index contributed by atoms with van der Waals surface area (Å²) in [5, 5.41) is 29.4. The second-order valence-electron chi connectivity index (χ2n) is 8.97. The molecule has 0 aromatic carbocycles. The van der Waals surface area contributed by atoms with Crippen LogP contribution in [-0.4, -0.2) is 32.6 Å². The minimum absolute atomic E-state index is 0.110. The summed E-state index contributed by atoms with van der Waals surface area (Å²) >= 11 is 0. The molecule has 0 atom stereocenters. The van der Waals surface area contributed by atoms with Crippen molar-refractivity contribution in [1.82, 2.24) is 0 Å². The van der Waals surface area contributed by atoms with Crippen molar-refractivity contribution in [3.05, 3.63) is 10.1 Å². The molecule has 2 N–H and O–H groups in total. The molecule has 0 spiro atoms. The fourth-order valence-electron chi connectivity index (χ4n) is 4.15. The molecule has 0 aliphatic rings. The Balaban J connectivity index is 3.92. The number of carbonyl (C=O) groups is 2. The van der Waals surface area contributed by atoms with Crippen molar-refractivity contribution in [2.45, 2.75) is 141 Å². The molecule has 0 saturated heterocycles. The summed E-state index contributed by atoms with van der Waals surface area (Å²) < 4.78 is 0. The average molecular weight is 444 g/mol. The van der Waals surface area contributed by atoms with E-state index in [2.05, 4.69) is 6.92 Å². The van der Waals surface area contributed by atoms with Crippen LogP contribution in [0.2, 0.25) is 0 Å². The first-order valence-corrected chi connectivity index (χ1v) is 12.4. The van der Waals surface area contributed by atoms with Gasteiger partial charge in [-0.05, 0) is 6.42 Å². The van der Waals surface area contributed by atoms with Crippen LogP contribution in [0.3, 0.4) is 0 Å². The zero-order valence-electron chi connectivity index (χ0n) is 19.6. The average Bonchev–Trinajstić information content (AvgIpc) is 2.72. The quantitative estimate of drug-likeness (QED) is 0.0997. The summed E-state index contributed by atoms with van der Waals surface area (Å²) in [6, 6.07) is 0. The highest BCUT2D eigenvalue weighted by atomic mass is 16.6. The predicted octanol–water partition coefficient (Wildman–Crippen LogP) is 6.99. The molecule has 7 heteroatoms. The van der Waals surface area contributed by atoms with Gasteiger partial charge >= 0.3 is 11.9 Å². The summed E-state index contributed by atoms with van der Waals surface area (Å²) in [5.41, 5.74) is -1.44. The van der Waals surface area contributed by atoms with Gasteiger partial charge in [0, 0.05) is 24.2 Å². The molecule has 0 saturated carbocycles. The third-order valence-corrected chi connectivity index (χ3v) is 6.24. The third kappa shape index (κ3) is 16.7. The first-order valence-electron chi connectivity index (χ1n) is 12.4. The molecule has 0 aromatic rings. The second-order valence-corrected chi connectivity index (χ2v) is 8.97. The molecular formula is C24H45NO6. The van der Waals surface area contributed by atoms with Gasteiger partial charge in [-0.2, -0.15) is 0 Å². The number of aliphatic carboxylic acids is 2. The fraction of sp³-hybridized carbons (Fsp3) is 0.917. The van der Waals surface area contributed by atoms with Crippen molar-refractivity contribution in [3.63, 3.8) is 0 Å². The van der Waals surface area contributed by atoms with Gasteiger partial charge in [0.1, 0.15) is 0 Å². The zero-order chi connectivity index (χ0) is 23.4. The van der Waals surface area contributed by atoms with Crippen molar-refractivity contribution in [2.24, 2.45) is 0 Å². The van der Waals surface area contributed by atoms with E-state index >= 15 is 0 Å². The van der Waals surface area contributed by atoms with Gasteiger partial charge in [-0.15, -0.1) is 0 Å². The van der Waals surface area contributed by atoms with E-state index in [0.29, 0.717) is 6.42 Å². The lowest BCUT2D eigenvalue weighted by Gasteiger charge is -2.24. The maximum atomic E-state index is 11.6. The normalized spacial score (nSPS) is 11.5. The molecule has 182 valence electrons. The molecule has 0 radical (unpaired) electrons. The Morgan fingerprint density at radius 3 is 1.26 bits per heavy atom. The Bertz CT molecular complexity index is 476. The zero-order valence-corrected chi connectivity index (χ0v) is 19.6. The standard InChI is InChI=1S/C24H45NO6/c1-2-3-4-5-6-7-8-9-10-11-12-13-14-15-16-19-24(25(30)31,20-17-22(26)27)21-18-23(28)29/h2-21H2,1H3,(H,26,27)(H,28,29). The monoisotopic (exact) mass is 443 g/mol. The number of unbranched alkanes of at least 4 members (excludes halogenated alkanes) is 14. The Kier molecular flexibility index (Phi) is 18.0. The van der Waals surface area contributed by atoms with E-state index < -0.39 is 22.4 Å². The van der Waals surface area contributed by atoms with E-state index in [1.165, 1.54) is 70.6 Å². The Labute approximate surface area is 188 Å². The molecule has 0 aliphatic carbocycles. The van der Waals surface area contributed by atoms with Gasteiger partial charge in [0.25, 0.3) is 0 Å². The van der Waals surface area contributed by atoms with Gasteiger partial charge in [-0.1, -0.05) is 96.8 Å². The van der Waals surface area contributed by atoms with Crippen LogP contribution in [0.4, 0.5) is 0 Å². The van der Waals surface area contributed by atoms with Crippen molar-refractivity contribution in [1.29, 1.82) is 0 Å². The maximum Gasteiger partial charge on any atom is 0.303 e. The van der Waals surface area contributed by atoms with Crippen LogP contribution in [0.15, 0.2) is 0 Å². The van der Waals surface area contributed by atoms with Crippen molar-refractivity contribution in [3.8, 4) is 0 Å². The van der Waals surface area contributed by atoms with Crippen molar-refractivity contribution < 1.29 is 24.7 Å². The number of hydrogen-bond donors (Lipinski definition) is 2. The molecule has 0 fully saturated rings. The van der Waals surface area contributed by atoms with E-state index in [-0.39, 0.29) is 32.1 Å². The molecule has 31 heavy (non-hydrogen) atoms. The lowest BCUT2D eigenvalue weighted by molar-refractivity contribution is -0.574. The van der Waals surface area contributed by atoms with Gasteiger partial charge < -0.3 is 10.2 Å². The van der Waals surface area contributed by atoms with Crippen LogP contribution in [-0.2, 0) is 9.59 Å². The lowest BCUT2D eigenvalue weighted by atomic mass is 9.83. The summed E-state index contributed by atoms with van der Waals surface area (Å²) in [6.45, 7) is 2.24. The molecule has 0 unspecified atom stereocenters. The van der Waals surface area contributed by atoms with Crippen LogP contribution in [0.1, 0.15) is 135 Å². The van der Waals surface area contributed by atoms with Crippen molar-refractivity contribution >= 4 is 11.9 Å². The Morgan fingerprint density at radius 1 is 0.645 bits per heavy atom. The van der Waals surface area contributed by atoms with E-state index in [1.807, 2.05) is 0 Å². The fourth-order valence-corrected chi connectivity index (χ4v) is 4.15. The summed E-state index contributed by atoms with van der Waals surface area (Å²) in [7, 11) is 0. The van der Waals surface area contributed by atoms with Gasteiger partial charge in [-0.3, -0.25) is 19.7 Å². The van der Waals surface area contributed by atoms with Gasteiger partial charge in [0.05, 0.1) is 12.8 Å². The molecule has 0 aromatic heterocycles. The Morgan fingerprint density at radius 2 is 0.968 bits per heavy atom. The summed E-state index contributed by atoms with van der Waals surface area (Å²) in [6.07, 6.45) is 17.5. The number of nitro groups is 1. The van der Waals surface area contributed by atoms with E-state index in [4.69, 9.17) is 10.2 Å². The first kappa shape index (κ1) is 29.3. The topological polar surface area (TPSA) is 118 Å². The van der Waals surface area contributed by atoms with E-state index in [9.17, 15) is 19.7 Å². The Hall–Kier alpha value is -1.66. The second kappa shape index (κ2) is 19.1. The smallest absolute Gasteiger partial charge is 0.303 e. The number of nitrogens with zero attached hydrogens (tertiary/aromatic N) is 1. The van der Waals surface area contributed by atoms with Crippen LogP contribution >= 0.6 is 0 Å². The van der Waals surface area contributed by atoms with Gasteiger partial charge in [0.15, 0.2) is 0 Å². The number of hydrogen-bond acceptors (Lipinski definition) is 4. The minimum atomic E-state index is -1.44. The molecule has 0 rings (SSSR count). The van der Waals surface area contributed by atoms with Crippen LogP contribution in [0.5, 0.6) is 0 Å². The van der Waals surface area contributed by atoms with E-state index in [0.717, 1.165) is 19.3 Å². The van der Waals surface area contributed by atoms with Crippen LogP contribution in [0.25, 0.3) is 0 Å². The molecule has 0 amide bonds. The largest absolute Gasteiger partial charge is 0.481 e. The highest BCUT2D eigenvalue weighted by Gasteiger charge is 2.42. The molecule has 0 bridgehead atoms. The number of carboxylic acid groups (broad SMARTS) is 2. The van der Waals surface area contributed by atoms with Crippen LogP contribution in [0, 0.1) is 10.1 Å². The summed E-state index contributed by atoms with van der Waals surface area (Å²) in [4.78, 5) is 33.0. The molecule has 0 heterocycles. The number of carboxylic acids is 2. The third-order valence-electron chi connectivity index (χ3n) is 6.24. The highest BCUT2D eigenvalue weighted by molar-refractivity contribution is 5.67. The SMILES string of the molecule is CCCCCCCCCCCCCCCCCC(CCC(=O)O)(CCC(=O)O)[N+](=O)[O-]. The van der Waals surface area contributed by atoms with Crippen LogP contribution < -0.4 is 0 Å². The lowest BCUT2D eigenvalue weighted by Crippen LogP contribution is -2.39. The molecule has 7 nitrogen and oxygen atoms in total. The summed E-state index contributed by atoms with van der Waals surface area (Å²) in [5.74, 6) is -2.17. The van der Waals surface area contributed by atoms with Gasteiger partial charge in [0.2, 0.25) is 5.54 Å². The maximum absolute atomic E-state index is 11.6. The molecular weight excluding hydrogens is 398 g/mol. The first-order chi connectivity index (χ1) is 14.8. The van der Waals surface area contributed by atoms with E-state index in [1.54, 1.807) is 0 Å².